The number of nitrogens with zero attached hydrogens (tertiary/aromatic N) is 3. The highest BCUT2D eigenvalue weighted by molar-refractivity contribution is 5.96. The number of ether oxygens (including phenoxy) is 1. The van der Waals surface area contributed by atoms with E-state index in [0.29, 0.717) is 22.3 Å². The Hall–Kier alpha value is -3.78. The van der Waals surface area contributed by atoms with E-state index in [4.69, 9.17) is 9.37 Å². The Kier molecular flexibility index (Phi) is 5.39. The number of benzene rings is 2. The van der Waals surface area contributed by atoms with E-state index in [1.54, 1.807) is 50.4 Å². The second-order valence-electron chi connectivity index (χ2n) is 7.75. The molecule has 0 saturated heterocycles. The van der Waals surface area contributed by atoms with E-state index in [0.717, 1.165) is 11.1 Å². The van der Waals surface area contributed by atoms with Crippen LogP contribution in [0.15, 0.2) is 65.4 Å². The highest BCUT2D eigenvalue weighted by atomic mass is 16.6. The van der Waals surface area contributed by atoms with Crippen LogP contribution in [-0.2, 0) is 5.60 Å². The minimum Gasteiger partial charge on any atom is -0.438 e. The molecule has 2 aromatic carbocycles. The average molecular weight is 418 g/mol. The molecule has 2 heterocycles. The predicted octanol–water partition coefficient (Wildman–Crippen LogP) is 4.13. The van der Waals surface area contributed by atoms with Gasteiger partial charge in [-0.1, -0.05) is 24.3 Å². The summed E-state index contributed by atoms with van der Waals surface area (Å²) >= 11 is 0. The highest BCUT2D eigenvalue weighted by Crippen LogP contribution is 2.26. The van der Waals surface area contributed by atoms with Crippen molar-refractivity contribution in [2.45, 2.75) is 32.4 Å². The number of nitrogens with one attached hydrogen (secondary N) is 1. The summed E-state index contributed by atoms with van der Waals surface area (Å²) < 4.78 is 10.5. The lowest BCUT2D eigenvalue weighted by molar-refractivity contribution is 0.0785. The van der Waals surface area contributed by atoms with E-state index in [1.165, 1.54) is 0 Å². The molecule has 0 aliphatic heterocycles. The summed E-state index contributed by atoms with van der Waals surface area (Å²) in [5, 5.41) is 20.6. The van der Waals surface area contributed by atoms with Gasteiger partial charge in [-0.15, -0.1) is 0 Å². The lowest BCUT2D eigenvalue weighted by Crippen LogP contribution is -2.27. The van der Waals surface area contributed by atoms with Crippen LogP contribution in [0.5, 0.6) is 11.6 Å². The molecule has 4 rings (SSSR count). The summed E-state index contributed by atoms with van der Waals surface area (Å²) in [5.41, 5.74) is 2.26. The minimum absolute atomic E-state index is 0.181. The van der Waals surface area contributed by atoms with E-state index in [9.17, 15) is 9.90 Å². The first-order chi connectivity index (χ1) is 14.8. The molecular formula is C23H22N4O4. The van der Waals surface area contributed by atoms with E-state index < -0.39 is 5.60 Å². The number of aliphatic hydroxyl groups is 1. The number of aromatic nitrogens is 3. The number of pyridine rings is 1. The smallest absolute Gasteiger partial charge is 0.257 e. The summed E-state index contributed by atoms with van der Waals surface area (Å²) in [6, 6.07) is 15.6. The second kappa shape index (κ2) is 8.16. The van der Waals surface area contributed by atoms with Crippen molar-refractivity contribution < 1.29 is 19.3 Å². The maximum atomic E-state index is 12.9. The van der Waals surface area contributed by atoms with Crippen LogP contribution < -0.4 is 10.1 Å². The van der Waals surface area contributed by atoms with Crippen LogP contribution in [0.4, 0.5) is 0 Å². The first-order valence-corrected chi connectivity index (χ1v) is 9.80. The van der Waals surface area contributed by atoms with Gasteiger partial charge < -0.3 is 15.2 Å². The molecule has 1 amide bonds. The van der Waals surface area contributed by atoms with E-state index >= 15 is 0 Å². The maximum absolute atomic E-state index is 12.9. The fourth-order valence-corrected chi connectivity index (χ4v) is 3.12. The standard InChI is InChI=1S/C23H22N4O4/c1-14(15-6-8-16(9-7-15)23(2,3)29)25-21(28)18-5-4-12-24-22(18)30-17-10-11-19-20(13-17)27-31-26-19/h4-14,29H,1-3H3,(H,25,28)/t14-/m1/s1. The Balaban J connectivity index is 1.51. The molecule has 2 aromatic heterocycles. The maximum Gasteiger partial charge on any atom is 0.257 e. The predicted molar refractivity (Wildman–Crippen MR) is 114 cm³/mol. The van der Waals surface area contributed by atoms with Crippen LogP contribution in [0, 0.1) is 0 Å². The summed E-state index contributed by atoms with van der Waals surface area (Å²) in [7, 11) is 0. The van der Waals surface area contributed by atoms with Gasteiger partial charge in [-0.3, -0.25) is 4.79 Å². The van der Waals surface area contributed by atoms with Crippen LogP contribution >= 0.6 is 0 Å². The third kappa shape index (κ3) is 4.54. The lowest BCUT2D eigenvalue weighted by atomic mass is 9.96. The second-order valence-corrected chi connectivity index (χ2v) is 7.75. The third-order valence-corrected chi connectivity index (χ3v) is 4.92. The zero-order valence-electron chi connectivity index (χ0n) is 17.4. The third-order valence-electron chi connectivity index (χ3n) is 4.92. The van der Waals surface area contributed by atoms with Gasteiger partial charge in [-0.05, 0) is 66.5 Å². The molecule has 31 heavy (non-hydrogen) atoms. The summed E-state index contributed by atoms with van der Waals surface area (Å²) in [5.74, 6) is 0.331. The molecular weight excluding hydrogens is 396 g/mol. The fraction of sp³-hybridized carbons (Fsp3) is 0.217. The summed E-state index contributed by atoms with van der Waals surface area (Å²) in [6.07, 6.45) is 1.56. The molecule has 0 bridgehead atoms. The monoisotopic (exact) mass is 418 g/mol. The van der Waals surface area contributed by atoms with Gasteiger partial charge in [0, 0.05) is 12.3 Å². The minimum atomic E-state index is -0.919. The van der Waals surface area contributed by atoms with Crippen molar-refractivity contribution in [3.63, 3.8) is 0 Å². The molecule has 2 N–H and O–H groups in total. The molecule has 0 radical (unpaired) electrons. The largest absolute Gasteiger partial charge is 0.438 e. The number of hydrogen-bond acceptors (Lipinski definition) is 7. The van der Waals surface area contributed by atoms with Crippen molar-refractivity contribution in [3.05, 3.63) is 77.5 Å². The molecule has 0 aliphatic rings. The van der Waals surface area contributed by atoms with Gasteiger partial charge in [0.1, 0.15) is 22.3 Å². The number of rotatable bonds is 6. The Morgan fingerprint density at radius 2 is 1.84 bits per heavy atom. The SMILES string of the molecule is C[C@@H](NC(=O)c1cccnc1Oc1ccc2nonc2c1)c1ccc(C(C)(C)O)cc1. The zero-order chi connectivity index (χ0) is 22.0. The summed E-state index contributed by atoms with van der Waals surface area (Å²) in [4.78, 5) is 17.1. The Morgan fingerprint density at radius 3 is 2.58 bits per heavy atom. The van der Waals surface area contributed by atoms with Gasteiger partial charge in [0.15, 0.2) is 0 Å². The Morgan fingerprint density at radius 1 is 1.10 bits per heavy atom. The lowest BCUT2D eigenvalue weighted by Gasteiger charge is -2.20. The molecule has 8 nitrogen and oxygen atoms in total. The van der Waals surface area contributed by atoms with Crippen LogP contribution in [0.3, 0.4) is 0 Å². The molecule has 4 aromatic rings. The number of carbonyl (C=O) groups excluding carboxylic acids is 1. The average Bonchev–Trinajstić information content (AvgIpc) is 3.21. The molecule has 0 spiro atoms. The molecule has 0 unspecified atom stereocenters. The van der Waals surface area contributed by atoms with Crippen molar-refractivity contribution in [2.24, 2.45) is 0 Å². The summed E-state index contributed by atoms with van der Waals surface area (Å²) in [6.45, 7) is 5.35. The van der Waals surface area contributed by atoms with Gasteiger partial charge in [0.05, 0.1) is 11.6 Å². The van der Waals surface area contributed by atoms with Crippen LogP contribution in [0.2, 0.25) is 0 Å². The Labute approximate surface area is 178 Å². The van der Waals surface area contributed by atoms with Crippen LogP contribution in [-0.4, -0.2) is 26.3 Å². The molecule has 0 saturated carbocycles. The molecule has 0 aliphatic carbocycles. The van der Waals surface area contributed by atoms with Gasteiger partial charge in [0.2, 0.25) is 5.88 Å². The first-order valence-electron chi connectivity index (χ1n) is 9.80. The number of carbonyl (C=O) groups is 1. The van der Waals surface area contributed by atoms with Crippen LogP contribution in [0.25, 0.3) is 11.0 Å². The van der Waals surface area contributed by atoms with Gasteiger partial charge in [-0.2, -0.15) is 0 Å². The number of amides is 1. The van der Waals surface area contributed by atoms with Crippen molar-refractivity contribution in [3.8, 4) is 11.6 Å². The first kappa shape index (κ1) is 20.5. The zero-order valence-corrected chi connectivity index (χ0v) is 17.4. The molecule has 1 atom stereocenters. The van der Waals surface area contributed by atoms with Crippen molar-refractivity contribution in [2.75, 3.05) is 0 Å². The van der Waals surface area contributed by atoms with Crippen molar-refractivity contribution >= 4 is 16.9 Å². The fourth-order valence-electron chi connectivity index (χ4n) is 3.12. The number of hydrogen-bond donors (Lipinski definition) is 2. The molecule has 0 fully saturated rings. The number of fused-ring (bicyclic) bond motifs is 1. The Bertz CT molecular complexity index is 1210. The van der Waals surface area contributed by atoms with Gasteiger partial charge in [-0.25, -0.2) is 9.61 Å². The van der Waals surface area contributed by atoms with Gasteiger partial charge >= 0.3 is 0 Å². The highest BCUT2D eigenvalue weighted by Gasteiger charge is 2.19. The quantitative estimate of drug-likeness (QED) is 0.484. The van der Waals surface area contributed by atoms with E-state index in [-0.39, 0.29) is 17.8 Å². The van der Waals surface area contributed by atoms with E-state index in [1.807, 2.05) is 31.2 Å². The topological polar surface area (TPSA) is 110 Å². The van der Waals surface area contributed by atoms with Gasteiger partial charge in [0.25, 0.3) is 5.91 Å². The van der Waals surface area contributed by atoms with Crippen molar-refractivity contribution in [1.29, 1.82) is 0 Å². The van der Waals surface area contributed by atoms with Crippen molar-refractivity contribution in [1.82, 2.24) is 20.6 Å². The normalized spacial score (nSPS) is 12.5. The van der Waals surface area contributed by atoms with Crippen LogP contribution in [0.1, 0.15) is 48.3 Å². The van der Waals surface area contributed by atoms with E-state index in [2.05, 4.69) is 20.6 Å². The molecule has 158 valence electrons. The molecule has 8 heteroatoms.